The van der Waals surface area contributed by atoms with Gasteiger partial charge in [-0.15, -0.1) is 18.3 Å². The quantitative estimate of drug-likeness (QED) is 0.247. The number of nitrogens with zero attached hydrogens (tertiary/aromatic N) is 6. The molecule has 13 heteroatoms. The first-order chi connectivity index (χ1) is 21.0. The van der Waals surface area contributed by atoms with E-state index in [-0.39, 0.29) is 5.75 Å². The molecule has 44 heavy (non-hydrogen) atoms. The number of anilines is 1. The number of aliphatic imine (C=N–C) groups is 1. The van der Waals surface area contributed by atoms with E-state index in [1.165, 1.54) is 52.6 Å². The predicted octanol–water partition coefficient (Wildman–Crippen LogP) is 7.03. The highest BCUT2D eigenvalue weighted by Gasteiger charge is 2.31. The van der Waals surface area contributed by atoms with Gasteiger partial charge in [-0.3, -0.25) is 0 Å². The first kappa shape index (κ1) is 30.6. The van der Waals surface area contributed by atoms with Crippen LogP contribution in [0.4, 0.5) is 23.7 Å². The molecule has 2 heterocycles. The van der Waals surface area contributed by atoms with Gasteiger partial charge in [0.1, 0.15) is 18.1 Å². The minimum atomic E-state index is -4.77. The number of amides is 2. The minimum Gasteiger partial charge on any atom is -0.406 e. The third-order valence-electron chi connectivity index (χ3n) is 6.82. The molecule has 1 unspecified atom stereocenters. The van der Waals surface area contributed by atoms with Crippen molar-refractivity contribution in [2.75, 3.05) is 17.2 Å². The molecule has 0 bridgehead atoms. The van der Waals surface area contributed by atoms with Gasteiger partial charge in [0.2, 0.25) is 0 Å². The summed E-state index contributed by atoms with van der Waals surface area (Å²) in [6.45, 7) is 6.90. The maximum absolute atomic E-state index is 13.0. The van der Waals surface area contributed by atoms with Crippen LogP contribution >= 0.6 is 11.8 Å². The molecule has 1 N–H and O–H groups in total. The molecule has 0 saturated carbocycles. The molecule has 9 nitrogen and oxygen atoms in total. The van der Waals surface area contributed by atoms with Crippen molar-refractivity contribution in [3.8, 4) is 28.9 Å². The first-order valence-electron chi connectivity index (χ1n) is 13.7. The molecule has 0 aliphatic carbocycles. The number of carbonyl (C=O) groups excluding carboxylic acids is 1. The highest BCUT2D eigenvalue weighted by molar-refractivity contribution is 8.14. The first-order valence-corrected chi connectivity index (χ1v) is 14.6. The number of hydrogen-bond acceptors (Lipinski definition) is 6. The Morgan fingerprint density at radius 2 is 1.77 bits per heavy atom. The Bertz CT molecular complexity index is 1710. The van der Waals surface area contributed by atoms with E-state index in [9.17, 15) is 23.2 Å². The molecule has 4 aromatic rings. The highest BCUT2D eigenvalue weighted by atomic mass is 32.2. The molecule has 1 aliphatic heterocycles. The molecule has 1 aromatic heterocycles. The monoisotopic (exact) mass is 619 g/mol. The van der Waals surface area contributed by atoms with Gasteiger partial charge in [0.15, 0.2) is 11.0 Å². The van der Waals surface area contributed by atoms with Gasteiger partial charge in [0.05, 0.1) is 11.8 Å². The molecule has 3 aromatic carbocycles. The standard InChI is InChI=1S/C31H28F3N7O2S/c1-19-15-20(2)27(21(3)16-19)40-13-4-14-44-30(40)38-29(42)37-26(17-35)22-5-7-23(8-6-22)28-36-18-41(39-28)24-9-11-25(12-10-24)43-31(32,33)34/h5-12,15-16,18,26H,4,13-14H2,1-3H3,(H,37,42)/b38-30-. The molecule has 1 aliphatic rings. The molecule has 226 valence electrons. The van der Waals surface area contributed by atoms with Crippen LogP contribution in [0.25, 0.3) is 17.1 Å². The number of urea groups is 1. The second-order valence-electron chi connectivity index (χ2n) is 10.2. The summed E-state index contributed by atoms with van der Waals surface area (Å²) >= 11 is 1.51. The van der Waals surface area contributed by atoms with E-state index in [1.807, 2.05) is 0 Å². The number of aryl methyl sites for hydroxylation is 3. The molecule has 1 saturated heterocycles. The normalized spacial score (nSPS) is 15.1. The second kappa shape index (κ2) is 12.8. The lowest BCUT2D eigenvalue weighted by atomic mass is 10.0. The molecule has 2 amide bonds. The highest BCUT2D eigenvalue weighted by Crippen LogP contribution is 2.32. The second-order valence-corrected chi connectivity index (χ2v) is 11.2. The van der Waals surface area contributed by atoms with Crippen LogP contribution in [-0.4, -0.2) is 44.6 Å². The third-order valence-corrected chi connectivity index (χ3v) is 7.88. The Labute approximate surface area is 256 Å². The average molecular weight is 620 g/mol. The molecule has 1 atom stereocenters. The summed E-state index contributed by atoms with van der Waals surface area (Å²) in [6, 6.07) is 16.9. The molecular weight excluding hydrogens is 591 g/mol. The summed E-state index contributed by atoms with van der Waals surface area (Å²) in [5, 5.41) is 17.5. The Kier molecular flexibility index (Phi) is 8.91. The van der Waals surface area contributed by atoms with E-state index in [0.29, 0.717) is 27.8 Å². The van der Waals surface area contributed by atoms with Gasteiger partial charge in [-0.25, -0.2) is 14.5 Å². The van der Waals surface area contributed by atoms with Gasteiger partial charge in [-0.05, 0) is 68.1 Å². The fraction of sp³-hybridized carbons (Fsp3) is 0.258. The van der Waals surface area contributed by atoms with Gasteiger partial charge in [-0.1, -0.05) is 53.7 Å². The fourth-order valence-electron chi connectivity index (χ4n) is 5.04. The number of rotatable bonds is 6. The zero-order valence-electron chi connectivity index (χ0n) is 24.1. The maximum Gasteiger partial charge on any atom is 0.573 e. The van der Waals surface area contributed by atoms with E-state index < -0.39 is 18.4 Å². The number of aromatic nitrogens is 3. The SMILES string of the molecule is Cc1cc(C)c(N2CCCS/C2=N\C(=O)NC(C#N)c2ccc(-c3ncn(-c4ccc(OC(F)(F)F)cc4)n3)cc2)c(C)c1. The number of alkyl halides is 3. The average Bonchev–Trinajstić information content (AvgIpc) is 3.46. The Hall–Kier alpha value is -4.83. The van der Waals surface area contributed by atoms with E-state index >= 15 is 0 Å². The van der Waals surface area contributed by atoms with Gasteiger partial charge >= 0.3 is 12.4 Å². The molecular formula is C31H28F3N7O2S. The summed E-state index contributed by atoms with van der Waals surface area (Å²) in [7, 11) is 0. The van der Waals surface area contributed by atoms with Crippen molar-refractivity contribution in [2.45, 2.75) is 39.6 Å². The lowest BCUT2D eigenvalue weighted by Crippen LogP contribution is -2.37. The van der Waals surface area contributed by atoms with Gasteiger partial charge in [0.25, 0.3) is 0 Å². The van der Waals surface area contributed by atoms with Crippen molar-refractivity contribution in [2.24, 2.45) is 4.99 Å². The Balaban J connectivity index is 1.27. The number of nitrogens with one attached hydrogen (secondary N) is 1. The smallest absolute Gasteiger partial charge is 0.406 e. The van der Waals surface area contributed by atoms with Crippen LogP contribution in [-0.2, 0) is 0 Å². The van der Waals surface area contributed by atoms with Crippen LogP contribution in [0.2, 0.25) is 0 Å². The Morgan fingerprint density at radius 3 is 2.41 bits per heavy atom. The maximum atomic E-state index is 13.0. The van der Waals surface area contributed by atoms with E-state index in [2.05, 4.69) is 69.0 Å². The number of carbonyl (C=O) groups is 1. The molecule has 5 rings (SSSR count). The van der Waals surface area contributed by atoms with Crippen molar-refractivity contribution < 1.29 is 22.7 Å². The summed E-state index contributed by atoms with van der Waals surface area (Å²) < 4.78 is 42.6. The van der Waals surface area contributed by atoms with Crippen molar-refractivity contribution >= 4 is 28.6 Å². The summed E-state index contributed by atoms with van der Waals surface area (Å²) in [6.07, 6.45) is -2.38. The van der Waals surface area contributed by atoms with Crippen LogP contribution in [0.3, 0.4) is 0 Å². The van der Waals surface area contributed by atoms with Crippen LogP contribution in [0.15, 0.2) is 72.0 Å². The number of nitriles is 1. The minimum absolute atomic E-state index is 0.339. The number of benzene rings is 3. The van der Waals surface area contributed by atoms with Crippen molar-refractivity contribution in [1.82, 2.24) is 20.1 Å². The number of halogens is 3. The van der Waals surface area contributed by atoms with Crippen molar-refractivity contribution in [1.29, 1.82) is 5.26 Å². The zero-order chi connectivity index (χ0) is 31.4. The zero-order valence-corrected chi connectivity index (χ0v) is 24.9. The summed E-state index contributed by atoms with van der Waals surface area (Å²) in [5.41, 5.74) is 6.14. The van der Waals surface area contributed by atoms with Gasteiger partial charge in [-0.2, -0.15) is 10.3 Å². The molecule has 1 fully saturated rings. The van der Waals surface area contributed by atoms with E-state index in [1.54, 1.807) is 24.3 Å². The van der Waals surface area contributed by atoms with E-state index in [4.69, 9.17) is 0 Å². The van der Waals surface area contributed by atoms with Crippen LogP contribution in [0.5, 0.6) is 5.75 Å². The van der Waals surface area contributed by atoms with E-state index in [0.717, 1.165) is 35.5 Å². The van der Waals surface area contributed by atoms with Crippen LogP contribution < -0.4 is 15.0 Å². The topological polar surface area (TPSA) is 108 Å². The number of hydrogen-bond donors (Lipinski definition) is 1. The summed E-state index contributed by atoms with van der Waals surface area (Å²) in [5.74, 6) is 0.873. The molecule has 0 spiro atoms. The number of ether oxygens (including phenoxy) is 1. The van der Waals surface area contributed by atoms with Crippen molar-refractivity contribution in [3.05, 3.63) is 89.2 Å². The lowest BCUT2D eigenvalue weighted by molar-refractivity contribution is -0.274. The lowest BCUT2D eigenvalue weighted by Gasteiger charge is -2.32. The third kappa shape index (κ3) is 7.20. The van der Waals surface area contributed by atoms with Crippen molar-refractivity contribution in [3.63, 3.8) is 0 Å². The van der Waals surface area contributed by atoms with Crippen LogP contribution in [0.1, 0.15) is 34.7 Å². The molecule has 0 radical (unpaired) electrons. The fourth-order valence-corrected chi connectivity index (χ4v) is 5.98. The number of thioether (sulfide) groups is 1. The van der Waals surface area contributed by atoms with Crippen LogP contribution in [0, 0.1) is 32.1 Å². The summed E-state index contributed by atoms with van der Waals surface area (Å²) in [4.78, 5) is 23.7. The number of amidine groups is 1. The predicted molar refractivity (Wildman–Crippen MR) is 163 cm³/mol. The van der Waals surface area contributed by atoms with Gasteiger partial charge in [0, 0.05) is 23.5 Å². The van der Waals surface area contributed by atoms with Gasteiger partial charge < -0.3 is 15.0 Å². The Morgan fingerprint density at radius 1 is 1.09 bits per heavy atom. The largest absolute Gasteiger partial charge is 0.573 e.